The van der Waals surface area contributed by atoms with Crippen molar-refractivity contribution in [3.63, 3.8) is 0 Å². The molecule has 0 radical (unpaired) electrons. The number of nitrogens with zero attached hydrogens (tertiary/aromatic N) is 3. The highest BCUT2D eigenvalue weighted by atomic mass is 32.1. The van der Waals surface area contributed by atoms with Gasteiger partial charge < -0.3 is 0 Å². The van der Waals surface area contributed by atoms with Gasteiger partial charge in [0.2, 0.25) is 0 Å². The van der Waals surface area contributed by atoms with E-state index in [0.717, 1.165) is 12.1 Å². The van der Waals surface area contributed by atoms with Gasteiger partial charge in [-0.15, -0.1) is 0 Å². The molecule has 0 aliphatic carbocycles. The molecule has 1 aliphatic heterocycles. The van der Waals surface area contributed by atoms with Crippen LogP contribution in [0, 0.1) is 0 Å². The van der Waals surface area contributed by atoms with E-state index in [9.17, 15) is 0 Å². The van der Waals surface area contributed by atoms with E-state index in [1.54, 1.807) is 0 Å². The highest BCUT2D eigenvalue weighted by molar-refractivity contribution is 7.22. The lowest BCUT2D eigenvalue weighted by molar-refractivity contribution is -0.644. The van der Waals surface area contributed by atoms with Crippen LogP contribution in [0.2, 0.25) is 0 Å². The molecule has 0 unspecified atom stereocenters. The van der Waals surface area contributed by atoms with Crippen molar-refractivity contribution in [1.82, 2.24) is 9.55 Å². The summed E-state index contributed by atoms with van der Waals surface area (Å²) in [4.78, 5) is 4.58. The molecule has 4 heterocycles. The first-order valence-electron chi connectivity index (χ1n) is 6.68. The molecule has 0 saturated heterocycles. The van der Waals surface area contributed by atoms with Gasteiger partial charge >= 0.3 is 5.65 Å². The summed E-state index contributed by atoms with van der Waals surface area (Å²) in [5.41, 5.74) is 6.40. The maximum atomic E-state index is 4.58. The second kappa shape index (κ2) is 3.46. The van der Waals surface area contributed by atoms with Gasteiger partial charge in [-0.25, -0.2) is 9.13 Å². The number of hydrogen-bond acceptors (Lipinski definition) is 2. The maximum Gasteiger partial charge on any atom is 0.303 e. The Morgan fingerprint density at radius 1 is 1.20 bits per heavy atom. The van der Waals surface area contributed by atoms with Crippen LogP contribution in [0.25, 0.3) is 32.0 Å². The minimum atomic E-state index is 0.968. The maximum absolute atomic E-state index is 4.58. The Balaban J connectivity index is 1.97. The molecule has 4 aromatic rings. The average Bonchev–Trinajstić information content (AvgIpc) is 3.09. The third kappa shape index (κ3) is 1.11. The van der Waals surface area contributed by atoms with E-state index in [4.69, 9.17) is 0 Å². The van der Waals surface area contributed by atoms with Gasteiger partial charge in [-0.2, -0.15) is 0 Å². The first-order chi connectivity index (χ1) is 9.84. The van der Waals surface area contributed by atoms with Gasteiger partial charge in [0.15, 0.2) is 15.2 Å². The van der Waals surface area contributed by atoms with Crippen LogP contribution < -0.4 is 4.57 Å². The Labute approximate surface area is 119 Å². The summed E-state index contributed by atoms with van der Waals surface area (Å²) in [7, 11) is 2.13. The van der Waals surface area contributed by atoms with Crippen molar-refractivity contribution < 1.29 is 4.57 Å². The van der Waals surface area contributed by atoms with Crippen LogP contribution in [-0.2, 0) is 13.6 Å². The van der Waals surface area contributed by atoms with Gasteiger partial charge in [0.1, 0.15) is 12.1 Å². The quantitative estimate of drug-likeness (QED) is 0.399. The van der Waals surface area contributed by atoms with Crippen LogP contribution >= 0.6 is 11.3 Å². The van der Waals surface area contributed by atoms with Crippen molar-refractivity contribution in [2.24, 2.45) is 7.05 Å². The highest BCUT2D eigenvalue weighted by Crippen LogP contribution is 2.38. The van der Waals surface area contributed by atoms with Gasteiger partial charge in [-0.3, -0.25) is 4.98 Å². The molecule has 5 rings (SSSR count). The zero-order chi connectivity index (χ0) is 13.3. The number of fused-ring (bicyclic) bond motifs is 7. The summed E-state index contributed by atoms with van der Waals surface area (Å²) in [5.74, 6) is 0. The molecule has 1 aromatic carbocycles. The lowest BCUT2D eigenvalue weighted by Crippen LogP contribution is -2.32. The molecule has 0 bridgehead atoms. The Bertz CT molecular complexity index is 994. The molecular formula is C16H12N3S+. The van der Waals surface area contributed by atoms with E-state index < -0.39 is 0 Å². The average molecular weight is 278 g/mol. The summed E-state index contributed by atoms with van der Waals surface area (Å²) in [6.07, 6.45) is 1.88. The number of aryl methyl sites for hydroxylation is 1. The standard InChI is InChI=1S/C16H12N3S/c1-18-12-7-4-8-17-13(12)14-15(18)19-9-10-5-2-3-6-11(10)16(19)20-14/h2-8H,9H2,1H3/q+1. The van der Waals surface area contributed by atoms with Crippen molar-refractivity contribution in [3.05, 3.63) is 48.2 Å². The summed E-state index contributed by atoms with van der Waals surface area (Å²) >= 11 is 1.86. The van der Waals surface area contributed by atoms with Crippen molar-refractivity contribution in [1.29, 1.82) is 0 Å². The van der Waals surface area contributed by atoms with Crippen LogP contribution in [0.4, 0.5) is 0 Å². The topological polar surface area (TPSA) is 21.7 Å². The minimum absolute atomic E-state index is 0.968. The summed E-state index contributed by atoms with van der Waals surface area (Å²) < 4.78 is 5.99. The van der Waals surface area contributed by atoms with E-state index in [2.05, 4.69) is 51.5 Å². The second-order valence-electron chi connectivity index (χ2n) is 5.23. The number of thiazole rings is 1. The van der Waals surface area contributed by atoms with E-state index in [1.165, 1.54) is 32.0 Å². The first-order valence-corrected chi connectivity index (χ1v) is 7.50. The molecule has 0 amide bonds. The fourth-order valence-corrected chi connectivity index (χ4v) is 4.60. The van der Waals surface area contributed by atoms with Crippen LogP contribution in [0.1, 0.15) is 5.56 Å². The van der Waals surface area contributed by atoms with Crippen molar-refractivity contribution in [2.45, 2.75) is 6.54 Å². The smallest absolute Gasteiger partial charge is 0.251 e. The number of aromatic nitrogens is 3. The van der Waals surface area contributed by atoms with E-state index in [-0.39, 0.29) is 0 Å². The van der Waals surface area contributed by atoms with Gasteiger partial charge in [-0.05, 0) is 18.2 Å². The molecule has 96 valence electrons. The van der Waals surface area contributed by atoms with Gasteiger partial charge in [0, 0.05) is 17.3 Å². The van der Waals surface area contributed by atoms with Crippen LogP contribution in [-0.4, -0.2) is 9.55 Å². The summed E-state index contributed by atoms with van der Waals surface area (Å²) in [6.45, 7) is 0.968. The molecule has 20 heavy (non-hydrogen) atoms. The molecule has 3 nitrogen and oxygen atoms in total. The predicted molar refractivity (Wildman–Crippen MR) is 80.8 cm³/mol. The van der Waals surface area contributed by atoms with Crippen LogP contribution in [0.15, 0.2) is 42.6 Å². The number of rotatable bonds is 0. The first kappa shape index (κ1) is 10.6. The summed E-state index contributed by atoms with van der Waals surface area (Å²) in [6, 6.07) is 12.8. The number of hydrogen-bond donors (Lipinski definition) is 0. The van der Waals surface area contributed by atoms with E-state index in [0.29, 0.717) is 0 Å². The molecule has 0 spiro atoms. The molecule has 0 fully saturated rings. The lowest BCUT2D eigenvalue weighted by Gasteiger charge is -1.93. The van der Waals surface area contributed by atoms with Crippen molar-refractivity contribution >= 4 is 32.7 Å². The molecule has 0 N–H and O–H groups in total. The summed E-state index contributed by atoms with van der Waals surface area (Å²) in [5, 5.41) is 1.36. The zero-order valence-electron chi connectivity index (χ0n) is 11.0. The Hall–Kier alpha value is -2.20. The second-order valence-corrected chi connectivity index (χ2v) is 6.23. The van der Waals surface area contributed by atoms with Gasteiger partial charge in [0.05, 0.1) is 7.05 Å². The van der Waals surface area contributed by atoms with E-state index >= 15 is 0 Å². The third-order valence-electron chi connectivity index (χ3n) is 4.16. The number of pyridine rings is 1. The van der Waals surface area contributed by atoms with Crippen molar-refractivity contribution in [2.75, 3.05) is 0 Å². The highest BCUT2D eigenvalue weighted by Gasteiger charge is 2.32. The lowest BCUT2D eigenvalue weighted by atomic mass is 10.1. The predicted octanol–water partition coefficient (Wildman–Crippen LogP) is 3.10. The molecule has 0 atom stereocenters. The van der Waals surface area contributed by atoms with Gasteiger partial charge in [-0.1, -0.05) is 29.5 Å². The van der Waals surface area contributed by atoms with E-state index in [1.807, 2.05) is 23.6 Å². The monoisotopic (exact) mass is 278 g/mol. The van der Waals surface area contributed by atoms with Crippen molar-refractivity contribution in [3.8, 4) is 10.6 Å². The Kier molecular flexibility index (Phi) is 1.83. The van der Waals surface area contributed by atoms with Crippen LogP contribution in [0.3, 0.4) is 0 Å². The molecule has 0 saturated carbocycles. The zero-order valence-corrected chi connectivity index (χ0v) is 11.8. The Morgan fingerprint density at radius 2 is 2.10 bits per heavy atom. The van der Waals surface area contributed by atoms with Crippen LogP contribution in [0.5, 0.6) is 0 Å². The van der Waals surface area contributed by atoms with Gasteiger partial charge in [0.25, 0.3) is 0 Å². The fraction of sp³-hybridized carbons (Fsp3) is 0.125. The molecule has 4 heteroatoms. The molecule has 1 aliphatic rings. The fourth-order valence-electron chi connectivity index (χ4n) is 3.24. The number of benzene rings is 1. The minimum Gasteiger partial charge on any atom is -0.251 e. The SMILES string of the molecule is Cn1c2cccnc2c2sc3[n+](c21)Cc1ccccc1-3. The third-order valence-corrected chi connectivity index (χ3v) is 5.37. The Morgan fingerprint density at radius 3 is 3.05 bits per heavy atom. The normalized spacial score (nSPS) is 13.1. The largest absolute Gasteiger partial charge is 0.303 e. The molecule has 3 aromatic heterocycles. The molecular weight excluding hydrogens is 266 g/mol.